The second kappa shape index (κ2) is 8.05. The van der Waals surface area contributed by atoms with Crippen LogP contribution in [0.4, 0.5) is 0 Å². The zero-order valence-electron chi connectivity index (χ0n) is 15.9. The van der Waals surface area contributed by atoms with Crippen molar-refractivity contribution in [3.8, 4) is 0 Å². The maximum Gasteiger partial charge on any atom is 0.193 e. The van der Waals surface area contributed by atoms with E-state index >= 15 is 0 Å². The molecule has 0 aromatic rings. The average molecular weight is 337 g/mol. The Balaban J connectivity index is 1.50. The summed E-state index contributed by atoms with van der Waals surface area (Å²) in [5.41, 5.74) is 0.584. The molecule has 5 nitrogen and oxygen atoms in total. The van der Waals surface area contributed by atoms with Crippen molar-refractivity contribution in [3.63, 3.8) is 0 Å². The third kappa shape index (κ3) is 4.05. The van der Waals surface area contributed by atoms with Crippen LogP contribution < -0.4 is 5.32 Å². The van der Waals surface area contributed by atoms with Gasteiger partial charge in [-0.05, 0) is 38.5 Å². The summed E-state index contributed by atoms with van der Waals surface area (Å²) >= 11 is 0. The van der Waals surface area contributed by atoms with Crippen LogP contribution in [0, 0.1) is 5.41 Å². The molecule has 5 heteroatoms. The van der Waals surface area contributed by atoms with E-state index in [1.165, 1.54) is 51.6 Å². The summed E-state index contributed by atoms with van der Waals surface area (Å²) in [6.45, 7) is 10.7. The minimum absolute atomic E-state index is 0.506. The lowest BCUT2D eigenvalue weighted by molar-refractivity contribution is -0.0175. The number of hydrogen-bond acceptors (Lipinski definition) is 3. The Kier molecular flexibility index (Phi) is 6.03. The van der Waals surface area contributed by atoms with Crippen LogP contribution in [0.15, 0.2) is 4.99 Å². The molecule has 2 heterocycles. The van der Waals surface area contributed by atoms with Crippen molar-refractivity contribution < 1.29 is 4.74 Å². The molecule has 138 valence electrons. The topological polar surface area (TPSA) is 40.1 Å². The Morgan fingerprint density at radius 2 is 2.04 bits per heavy atom. The van der Waals surface area contributed by atoms with Crippen LogP contribution in [0.1, 0.15) is 52.4 Å². The van der Waals surface area contributed by atoms with Gasteiger partial charge in [-0.1, -0.05) is 19.3 Å². The summed E-state index contributed by atoms with van der Waals surface area (Å²) in [4.78, 5) is 9.63. The maximum absolute atomic E-state index is 5.56. The molecule has 24 heavy (non-hydrogen) atoms. The molecule has 1 aliphatic carbocycles. The standard InChI is InChI=1S/C19H36N4O/c1-16(23-11-12-24-14-17(23)2)13-21-18(20-3)22-10-9-19(15-22)7-5-4-6-8-19/h16-17H,4-15H2,1-3H3,(H,20,21). The Labute approximate surface area is 147 Å². The number of rotatable bonds is 3. The number of hydrogen-bond donors (Lipinski definition) is 1. The van der Waals surface area contributed by atoms with E-state index < -0.39 is 0 Å². The Morgan fingerprint density at radius 3 is 2.75 bits per heavy atom. The van der Waals surface area contributed by atoms with E-state index in [0.717, 1.165) is 32.3 Å². The first-order valence-electron chi connectivity index (χ1n) is 9.93. The third-order valence-electron chi connectivity index (χ3n) is 6.40. The minimum Gasteiger partial charge on any atom is -0.379 e. The fourth-order valence-corrected chi connectivity index (χ4v) is 4.91. The molecule has 0 bridgehead atoms. The van der Waals surface area contributed by atoms with E-state index in [4.69, 9.17) is 4.74 Å². The smallest absolute Gasteiger partial charge is 0.193 e. The maximum atomic E-state index is 5.56. The predicted octanol–water partition coefficient (Wildman–Crippen LogP) is 2.33. The number of morpholine rings is 1. The fourth-order valence-electron chi connectivity index (χ4n) is 4.91. The molecule has 0 radical (unpaired) electrons. The van der Waals surface area contributed by atoms with Crippen molar-refractivity contribution in [2.45, 2.75) is 64.5 Å². The molecule has 0 amide bonds. The summed E-state index contributed by atoms with van der Waals surface area (Å²) in [6.07, 6.45) is 8.47. The van der Waals surface area contributed by atoms with E-state index in [2.05, 4.69) is 34.0 Å². The monoisotopic (exact) mass is 336 g/mol. The van der Waals surface area contributed by atoms with Gasteiger partial charge in [0, 0.05) is 45.3 Å². The molecule has 0 aromatic carbocycles. The number of guanidine groups is 1. The zero-order chi connectivity index (χ0) is 17.0. The number of aliphatic imine (C=N–C) groups is 1. The van der Waals surface area contributed by atoms with E-state index in [0.29, 0.717) is 17.5 Å². The van der Waals surface area contributed by atoms with Gasteiger partial charge in [0.25, 0.3) is 0 Å². The van der Waals surface area contributed by atoms with Gasteiger partial charge in [0.05, 0.1) is 13.2 Å². The Bertz CT molecular complexity index is 433. The van der Waals surface area contributed by atoms with Crippen LogP contribution in [0.5, 0.6) is 0 Å². The predicted molar refractivity (Wildman–Crippen MR) is 99.5 cm³/mol. The van der Waals surface area contributed by atoms with Crippen molar-refractivity contribution in [1.82, 2.24) is 15.1 Å². The minimum atomic E-state index is 0.506. The lowest BCUT2D eigenvalue weighted by Gasteiger charge is -2.38. The van der Waals surface area contributed by atoms with Crippen LogP contribution in [0.25, 0.3) is 0 Å². The highest BCUT2D eigenvalue weighted by atomic mass is 16.5. The van der Waals surface area contributed by atoms with Crippen LogP contribution in [0.2, 0.25) is 0 Å². The fraction of sp³-hybridized carbons (Fsp3) is 0.947. The number of likely N-dealkylation sites (tertiary alicyclic amines) is 1. The average Bonchev–Trinajstić information content (AvgIpc) is 2.99. The van der Waals surface area contributed by atoms with Crippen LogP contribution in [0.3, 0.4) is 0 Å². The first kappa shape index (κ1) is 18.0. The molecule has 3 aliphatic rings. The first-order chi connectivity index (χ1) is 11.6. The molecule has 1 saturated carbocycles. The van der Waals surface area contributed by atoms with Gasteiger partial charge >= 0.3 is 0 Å². The van der Waals surface area contributed by atoms with Gasteiger partial charge in [0.2, 0.25) is 0 Å². The summed E-state index contributed by atoms with van der Waals surface area (Å²) < 4.78 is 5.56. The van der Waals surface area contributed by atoms with Gasteiger partial charge in [0.1, 0.15) is 0 Å². The molecule has 1 spiro atoms. The molecule has 2 aliphatic heterocycles. The van der Waals surface area contributed by atoms with Gasteiger partial charge in [-0.25, -0.2) is 0 Å². The highest BCUT2D eigenvalue weighted by Gasteiger charge is 2.39. The van der Waals surface area contributed by atoms with Crippen LogP contribution >= 0.6 is 0 Å². The molecule has 2 atom stereocenters. The lowest BCUT2D eigenvalue weighted by Crippen LogP contribution is -2.53. The normalized spacial score (nSPS) is 29.9. The molecule has 2 unspecified atom stereocenters. The third-order valence-corrected chi connectivity index (χ3v) is 6.40. The number of ether oxygens (including phenoxy) is 1. The molecule has 3 fully saturated rings. The molecule has 1 N–H and O–H groups in total. The molecular formula is C19H36N4O. The molecule has 3 rings (SSSR count). The Hall–Kier alpha value is -0.810. The van der Waals surface area contributed by atoms with Crippen molar-refractivity contribution in [1.29, 1.82) is 0 Å². The van der Waals surface area contributed by atoms with Crippen molar-refractivity contribution in [2.24, 2.45) is 10.4 Å². The van der Waals surface area contributed by atoms with Gasteiger partial charge in [-0.3, -0.25) is 9.89 Å². The van der Waals surface area contributed by atoms with Gasteiger partial charge in [0.15, 0.2) is 5.96 Å². The van der Waals surface area contributed by atoms with E-state index in [1.807, 2.05) is 7.05 Å². The number of nitrogens with zero attached hydrogens (tertiary/aromatic N) is 3. The summed E-state index contributed by atoms with van der Waals surface area (Å²) in [5.74, 6) is 1.10. The SMILES string of the molecule is CN=C(NCC(C)N1CCOCC1C)N1CCC2(CCCCC2)C1. The second-order valence-electron chi connectivity index (χ2n) is 8.17. The first-order valence-corrected chi connectivity index (χ1v) is 9.93. The van der Waals surface area contributed by atoms with E-state index in [-0.39, 0.29) is 0 Å². The van der Waals surface area contributed by atoms with E-state index in [1.54, 1.807) is 0 Å². The van der Waals surface area contributed by atoms with Crippen LogP contribution in [-0.4, -0.2) is 74.3 Å². The van der Waals surface area contributed by atoms with E-state index in [9.17, 15) is 0 Å². The molecule has 0 aromatic heterocycles. The summed E-state index contributed by atoms with van der Waals surface area (Å²) in [6, 6.07) is 1.02. The van der Waals surface area contributed by atoms with Gasteiger partial charge in [-0.15, -0.1) is 0 Å². The second-order valence-corrected chi connectivity index (χ2v) is 8.17. The zero-order valence-corrected chi connectivity index (χ0v) is 15.9. The number of nitrogens with one attached hydrogen (secondary N) is 1. The highest BCUT2D eigenvalue weighted by molar-refractivity contribution is 5.80. The van der Waals surface area contributed by atoms with Crippen LogP contribution in [-0.2, 0) is 4.74 Å². The van der Waals surface area contributed by atoms with Crippen molar-refractivity contribution >= 4 is 5.96 Å². The lowest BCUT2D eigenvalue weighted by atomic mass is 9.73. The summed E-state index contributed by atoms with van der Waals surface area (Å²) in [5, 5.41) is 3.64. The Morgan fingerprint density at radius 1 is 1.25 bits per heavy atom. The molecular weight excluding hydrogens is 300 g/mol. The quantitative estimate of drug-likeness (QED) is 0.634. The molecule has 2 saturated heterocycles. The highest BCUT2D eigenvalue weighted by Crippen LogP contribution is 2.43. The summed E-state index contributed by atoms with van der Waals surface area (Å²) in [7, 11) is 1.93. The van der Waals surface area contributed by atoms with Gasteiger partial charge in [-0.2, -0.15) is 0 Å². The van der Waals surface area contributed by atoms with Crippen molar-refractivity contribution in [2.75, 3.05) is 46.4 Å². The van der Waals surface area contributed by atoms with Crippen molar-refractivity contribution in [3.05, 3.63) is 0 Å². The largest absolute Gasteiger partial charge is 0.379 e. The van der Waals surface area contributed by atoms with Gasteiger partial charge < -0.3 is 15.0 Å².